The fourth-order valence-corrected chi connectivity index (χ4v) is 5.22. The Morgan fingerprint density at radius 3 is 2.52 bits per heavy atom. The van der Waals surface area contributed by atoms with Gasteiger partial charge in [-0.2, -0.15) is 5.10 Å². The van der Waals surface area contributed by atoms with Crippen LogP contribution in [0.15, 0.2) is 35.4 Å². The normalized spacial score (nSPS) is 20.8. The van der Waals surface area contributed by atoms with Gasteiger partial charge in [-0.25, -0.2) is 13.1 Å². The van der Waals surface area contributed by atoms with E-state index in [1.54, 1.807) is 6.34 Å². The molecular weight excluding hydrogens is 444 g/mol. The molecule has 0 unspecified atom stereocenters. The van der Waals surface area contributed by atoms with Gasteiger partial charge >= 0.3 is 0 Å². The SMILES string of the molecule is CS(=O)(=O)N[C@H](Cc1ccccc1)C(=O)N1CCC[C@H]1C(=O)NCC1CCN(C=NN)CC1. The predicted octanol–water partition coefficient (Wildman–Crippen LogP) is -0.132. The summed E-state index contributed by atoms with van der Waals surface area (Å²) in [6.07, 6.45) is 6.03. The van der Waals surface area contributed by atoms with E-state index >= 15 is 0 Å². The Balaban J connectivity index is 1.60. The molecule has 2 saturated heterocycles. The minimum Gasteiger partial charge on any atom is -0.361 e. The van der Waals surface area contributed by atoms with Gasteiger partial charge in [-0.1, -0.05) is 30.3 Å². The summed E-state index contributed by atoms with van der Waals surface area (Å²) in [5.41, 5.74) is 0.846. The average Bonchev–Trinajstić information content (AvgIpc) is 3.27. The highest BCUT2D eigenvalue weighted by molar-refractivity contribution is 7.88. The zero-order valence-electron chi connectivity index (χ0n) is 19.0. The Bertz CT molecular complexity index is 931. The first kappa shape index (κ1) is 25.0. The number of rotatable bonds is 9. The van der Waals surface area contributed by atoms with E-state index in [4.69, 9.17) is 5.84 Å². The van der Waals surface area contributed by atoms with E-state index in [-0.39, 0.29) is 18.2 Å². The maximum absolute atomic E-state index is 13.3. The molecule has 2 aliphatic heterocycles. The van der Waals surface area contributed by atoms with Gasteiger partial charge in [-0.3, -0.25) is 9.59 Å². The molecule has 1 aromatic rings. The number of nitrogens with one attached hydrogen (secondary N) is 2. The number of hydrazone groups is 1. The van der Waals surface area contributed by atoms with Gasteiger partial charge in [-0.05, 0) is 43.6 Å². The molecule has 0 aromatic heterocycles. The third kappa shape index (κ3) is 7.43. The number of nitrogens with zero attached hydrogens (tertiary/aromatic N) is 3. The molecule has 11 heteroatoms. The van der Waals surface area contributed by atoms with Crippen LogP contribution in [0.3, 0.4) is 0 Å². The van der Waals surface area contributed by atoms with Crippen molar-refractivity contribution in [3.63, 3.8) is 0 Å². The maximum Gasteiger partial charge on any atom is 0.242 e. The molecule has 4 N–H and O–H groups in total. The van der Waals surface area contributed by atoms with Crippen LogP contribution >= 0.6 is 0 Å². The molecule has 0 bridgehead atoms. The molecule has 2 aliphatic rings. The minimum atomic E-state index is -3.61. The quantitative estimate of drug-likeness (QED) is 0.196. The summed E-state index contributed by atoms with van der Waals surface area (Å²) in [7, 11) is -3.61. The van der Waals surface area contributed by atoms with E-state index in [2.05, 4.69) is 20.0 Å². The fourth-order valence-electron chi connectivity index (χ4n) is 4.52. The second-order valence-electron chi connectivity index (χ2n) is 8.81. The Labute approximate surface area is 195 Å². The Kier molecular flexibility index (Phi) is 8.67. The Morgan fingerprint density at radius 1 is 1.18 bits per heavy atom. The standard InChI is InChI=1S/C22H34N6O4S/c1-33(31,32)26-19(14-17-6-3-2-4-7-17)22(30)28-11-5-8-20(28)21(29)24-15-18-9-12-27(13-10-18)16-25-23/h2-4,6-7,16,18-20,26H,5,8-15,23H2,1H3,(H,24,29)/t19-,20+/m1/s1. The molecule has 0 radical (unpaired) electrons. The van der Waals surface area contributed by atoms with Crippen LogP contribution < -0.4 is 15.9 Å². The molecule has 0 saturated carbocycles. The zero-order chi connectivity index (χ0) is 23.8. The first-order valence-electron chi connectivity index (χ1n) is 11.3. The summed E-state index contributed by atoms with van der Waals surface area (Å²) < 4.78 is 26.3. The van der Waals surface area contributed by atoms with Crippen molar-refractivity contribution in [3.8, 4) is 0 Å². The number of hydrogen-bond acceptors (Lipinski definition) is 6. The number of hydrogen-bond donors (Lipinski definition) is 3. The van der Waals surface area contributed by atoms with E-state index in [0.717, 1.165) is 37.8 Å². The lowest BCUT2D eigenvalue weighted by molar-refractivity contribution is -0.139. The van der Waals surface area contributed by atoms with Crippen molar-refractivity contribution in [1.82, 2.24) is 19.8 Å². The molecule has 2 atom stereocenters. The molecule has 182 valence electrons. The highest BCUT2D eigenvalue weighted by atomic mass is 32.2. The molecule has 0 aliphatic carbocycles. The monoisotopic (exact) mass is 478 g/mol. The first-order chi connectivity index (χ1) is 15.8. The van der Waals surface area contributed by atoms with Gasteiger partial charge in [-0.15, -0.1) is 0 Å². The summed E-state index contributed by atoms with van der Waals surface area (Å²) in [5.74, 6) is 5.02. The molecule has 10 nitrogen and oxygen atoms in total. The van der Waals surface area contributed by atoms with Crippen molar-refractivity contribution in [1.29, 1.82) is 0 Å². The van der Waals surface area contributed by atoms with Gasteiger partial charge in [0.25, 0.3) is 0 Å². The van der Waals surface area contributed by atoms with E-state index in [9.17, 15) is 18.0 Å². The lowest BCUT2D eigenvalue weighted by Crippen LogP contribution is -2.54. The molecule has 1 aromatic carbocycles. The number of carbonyl (C=O) groups is 2. The summed E-state index contributed by atoms with van der Waals surface area (Å²) in [6, 6.07) is 7.71. The van der Waals surface area contributed by atoms with Crippen LogP contribution in [0.2, 0.25) is 0 Å². The van der Waals surface area contributed by atoms with Crippen LogP contribution in [0, 0.1) is 5.92 Å². The summed E-state index contributed by atoms with van der Waals surface area (Å²) >= 11 is 0. The topological polar surface area (TPSA) is 137 Å². The number of sulfonamides is 1. The number of amides is 2. The summed E-state index contributed by atoms with van der Waals surface area (Å²) in [5, 5.41) is 6.56. The smallest absolute Gasteiger partial charge is 0.242 e. The molecular formula is C22H34N6O4S. The van der Waals surface area contributed by atoms with Crippen LogP contribution in [-0.2, 0) is 26.0 Å². The third-order valence-corrected chi connectivity index (χ3v) is 6.93. The molecule has 2 fully saturated rings. The van der Waals surface area contributed by atoms with Crippen molar-refractivity contribution in [2.45, 2.75) is 44.2 Å². The third-order valence-electron chi connectivity index (χ3n) is 6.22. The number of carbonyl (C=O) groups excluding carboxylic acids is 2. The summed E-state index contributed by atoms with van der Waals surface area (Å²) in [4.78, 5) is 29.9. The lowest BCUT2D eigenvalue weighted by Gasteiger charge is -2.31. The largest absolute Gasteiger partial charge is 0.361 e. The van der Waals surface area contributed by atoms with Gasteiger partial charge in [0.05, 0.1) is 6.26 Å². The van der Waals surface area contributed by atoms with Gasteiger partial charge in [0.2, 0.25) is 21.8 Å². The minimum absolute atomic E-state index is 0.176. The molecule has 2 amide bonds. The van der Waals surface area contributed by atoms with E-state index in [1.807, 2.05) is 30.3 Å². The molecule has 33 heavy (non-hydrogen) atoms. The van der Waals surface area contributed by atoms with Crippen LogP contribution in [0.5, 0.6) is 0 Å². The van der Waals surface area contributed by atoms with Gasteiger partial charge < -0.3 is 21.0 Å². The van der Waals surface area contributed by atoms with Crippen molar-refractivity contribution < 1.29 is 18.0 Å². The number of nitrogens with two attached hydrogens (primary N) is 1. The van der Waals surface area contributed by atoms with Crippen LogP contribution in [-0.4, -0.2) is 80.9 Å². The highest BCUT2D eigenvalue weighted by Crippen LogP contribution is 2.21. The predicted molar refractivity (Wildman–Crippen MR) is 127 cm³/mol. The second-order valence-corrected chi connectivity index (χ2v) is 10.6. The Hall–Kier alpha value is -2.66. The van der Waals surface area contributed by atoms with Gasteiger partial charge in [0.1, 0.15) is 18.4 Å². The summed E-state index contributed by atoms with van der Waals surface area (Å²) in [6.45, 7) is 2.67. The number of likely N-dealkylation sites (tertiary alicyclic amines) is 2. The zero-order valence-corrected chi connectivity index (χ0v) is 19.8. The second kappa shape index (κ2) is 11.5. The van der Waals surface area contributed by atoms with Crippen LogP contribution in [0.4, 0.5) is 0 Å². The number of piperidine rings is 1. The average molecular weight is 479 g/mol. The van der Waals surface area contributed by atoms with E-state index < -0.39 is 22.1 Å². The number of benzene rings is 1. The van der Waals surface area contributed by atoms with E-state index in [1.165, 1.54) is 4.90 Å². The maximum atomic E-state index is 13.3. The molecule has 3 rings (SSSR count). The van der Waals surface area contributed by atoms with Gasteiger partial charge in [0, 0.05) is 26.2 Å². The molecule has 0 spiro atoms. The van der Waals surface area contributed by atoms with Gasteiger partial charge in [0.15, 0.2) is 0 Å². The van der Waals surface area contributed by atoms with Crippen LogP contribution in [0.25, 0.3) is 0 Å². The van der Waals surface area contributed by atoms with Crippen molar-refractivity contribution in [3.05, 3.63) is 35.9 Å². The van der Waals surface area contributed by atoms with E-state index in [0.29, 0.717) is 31.8 Å². The van der Waals surface area contributed by atoms with Crippen LogP contribution in [0.1, 0.15) is 31.2 Å². The fraction of sp³-hybridized carbons (Fsp3) is 0.591. The van der Waals surface area contributed by atoms with Crippen molar-refractivity contribution in [2.75, 3.05) is 32.4 Å². The highest BCUT2D eigenvalue weighted by Gasteiger charge is 2.38. The first-order valence-corrected chi connectivity index (χ1v) is 13.2. The van der Waals surface area contributed by atoms with Crippen molar-refractivity contribution in [2.24, 2.45) is 16.9 Å². The Morgan fingerprint density at radius 2 is 1.88 bits per heavy atom. The van der Waals surface area contributed by atoms with Crippen molar-refractivity contribution >= 4 is 28.2 Å². The lowest BCUT2D eigenvalue weighted by atomic mass is 9.97. The molecule has 2 heterocycles.